The molecule has 8 nitrogen and oxygen atoms in total. The number of nitrogens with zero attached hydrogens (tertiary/aromatic N) is 6. The van der Waals surface area contributed by atoms with Gasteiger partial charge in [0.1, 0.15) is 5.76 Å². The molecule has 0 N–H and O–H groups in total. The Morgan fingerprint density at radius 1 is 1.09 bits per heavy atom. The van der Waals surface area contributed by atoms with Crippen molar-refractivity contribution < 1.29 is 9.32 Å². The molecule has 1 aliphatic rings. The number of rotatable bonds is 5. The lowest BCUT2D eigenvalue weighted by Crippen LogP contribution is -2.48. The topological polar surface area (TPSA) is 80.3 Å². The second-order valence-corrected chi connectivity index (χ2v) is 8.12. The van der Waals surface area contributed by atoms with E-state index in [2.05, 4.69) is 15.2 Å². The van der Waals surface area contributed by atoms with Gasteiger partial charge < -0.3 is 9.42 Å². The minimum Gasteiger partial charge on any atom is -0.361 e. The van der Waals surface area contributed by atoms with E-state index in [1.807, 2.05) is 65.9 Å². The van der Waals surface area contributed by atoms with Crippen LogP contribution in [-0.4, -0.2) is 61.8 Å². The zero-order valence-corrected chi connectivity index (χ0v) is 18.4. The van der Waals surface area contributed by atoms with Gasteiger partial charge in [0, 0.05) is 50.9 Å². The van der Waals surface area contributed by atoms with Crippen LogP contribution in [0.2, 0.25) is 0 Å². The van der Waals surface area contributed by atoms with Crippen LogP contribution in [0.1, 0.15) is 28.7 Å². The van der Waals surface area contributed by atoms with Gasteiger partial charge in [-0.3, -0.25) is 9.69 Å². The van der Waals surface area contributed by atoms with Crippen LogP contribution < -0.4 is 0 Å². The Morgan fingerprint density at radius 3 is 2.56 bits per heavy atom. The lowest BCUT2D eigenvalue weighted by atomic mass is 10.1. The molecule has 32 heavy (non-hydrogen) atoms. The van der Waals surface area contributed by atoms with Crippen molar-refractivity contribution >= 4 is 16.9 Å². The molecule has 0 saturated carbocycles. The summed E-state index contributed by atoms with van der Waals surface area (Å²) in [6.45, 7) is 8.29. The molecular formula is C24H26N6O2. The van der Waals surface area contributed by atoms with Gasteiger partial charge in [-0.15, -0.1) is 0 Å². The van der Waals surface area contributed by atoms with Crippen molar-refractivity contribution in [1.82, 2.24) is 29.7 Å². The minimum absolute atomic E-state index is 0.0298. The average Bonchev–Trinajstić information content (AvgIpc) is 3.44. The largest absolute Gasteiger partial charge is 0.361 e. The number of amides is 1. The van der Waals surface area contributed by atoms with Crippen molar-refractivity contribution in [2.24, 2.45) is 0 Å². The van der Waals surface area contributed by atoms with E-state index in [-0.39, 0.29) is 5.91 Å². The highest BCUT2D eigenvalue weighted by Crippen LogP contribution is 2.26. The summed E-state index contributed by atoms with van der Waals surface area (Å²) in [6, 6.07) is 13.8. The van der Waals surface area contributed by atoms with E-state index in [1.54, 1.807) is 6.20 Å². The highest BCUT2D eigenvalue weighted by molar-refractivity contribution is 6.06. The van der Waals surface area contributed by atoms with Crippen LogP contribution in [0.4, 0.5) is 0 Å². The van der Waals surface area contributed by atoms with E-state index in [4.69, 9.17) is 9.51 Å². The van der Waals surface area contributed by atoms with E-state index in [9.17, 15) is 4.79 Å². The Hall–Kier alpha value is -3.52. The third-order valence-corrected chi connectivity index (χ3v) is 5.93. The fraction of sp³-hybridized carbons (Fsp3) is 0.333. The van der Waals surface area contributed by atoms with Gasteiger partial charge in [0.15, 0.2) is 5.65 Å². The van der Waals surface area contributed by atoms with Gasteiger partial charge in [0.2, 0.25) is 0 Å². The molecule has 4 heterocycles. The Bertz CT molecular complexity index is 1240. The molecule has 0 bridgehead atoms. The van der Waals surface area contributed by atoms with Crippen LogP contribution >= 0.6 is 0 Å². The molecular weight excluding hydrogens is 404 g/mol. The summed E-state index contributed by atoms with van der Waals surface area (Å²) in [5, 5.41) is 9.34. The molecule has 0 atom stereocenters. The fourth-order valence-corrected chi connectivity index (χ4v) is 4.21. The van der Waals surface area contributed by atoms with Gasteiger partial charge >= 0.3 is 0 Å². The third-order valence-electron chi connectivity index (χ3n) is 5.93. The van der Waals surface area contributed by atoms with Gasteiger partial charge in [-0.1, -0.05) is 35.5 Å². The fourth-order valence-electron chi connectivity index (χ4n) is 4.21. The summed E-state index contributed by atoms with van der Waals surface area (Å²) in [4.78, 5) is 22.6. The first-order valence-electron chi connectivity index (χ1n) is 11.0. The maximum absolute atomic E-state index is 13.6. The van der Waals surface area contributed by atoms with Gasteiger partial charge in [-0.25, -0.2) is 9.67 Å². The summed E-state index contributed by atoms with van der Waals surface area (Å²) in [7, 11) is 0. The Morgan fingerprint density at radius 2 is 1.88 bits per heavy atom. The molecule has 4 aromatic rings. The first-order chi connectivity index (χ1) is 15.6. The van der Waals surface area contributed by atoms with Crippen molar-refractivity contribution in [3.63, 3.8) is 0 Å². The number of aryl methyl sites for hydroxylation is 2. The number of carbonyl (C=O) groups excluding carboxylic acids is 1. The number of piperazine rings is 1. The van der Waals surface area contributed by atoms with Crippen LogP contribution in [0.15, 0.2) is 53.2 Å². The first-order valence-corrected chi connectivity index (χ1v) is 11.0. The molecule has 0 aliphatic carbocycles. The molecule has 1 aromatic carbocycles. The Kier molecular flexibility index (Phi) is 5.45. The quantitative estimate of drug-likeness (QED) is 0.483. The van der Waals surface area contributed by atoms with E-state index in [0.29, 0.717) is 25.2 Å². The van der Waals surface area contributed by atoms with Gasteiger partial charge in [-0.05, 0) is 19.9 Å². The summed E-state index contributed by atoms with van der Waals surface area (Å²) < 4.78 is 7.01. The lowest BCUT2D eigenvalue weighted by Gasteiger charge is -2.34. The highest BCUT2D eigenvalue weighted by Gasteiger charge is 2.26. The predicted molar refractivity (Wildman–Crippen MR) is 121 cm³/mol. The third kappa shape index (κ3) is 3.89. The molecule has 8 heteroatoms. The second-order valence-electron chi connectivity index (χ2n) is 8.12. The molecule has 5 rings (SSSR count). The van der Waals surface area contributed by atoms with E-state index in [0.717, 1.165) is 53.4 Å². The van der Waals surface area contributed by atoms with Crippen LogP contribution in [-0.2, 0) is 13.1 Å². The van der Waals surface area contributed by atoms with E-state index < -0.39 is 0 Å². The SMILES string of the molecule is CCn1ncc2c(C(=O)N3CCN(Cc4cc(C)on4)CC3)cc(-c3ccccc3)nc21. The zero-order chi connectivity index (χ0) is 22.1. The highest BCUT2D eigenvalue weighted by atomic mass is 16.5. The van der Waals surface area contributed by atoms with Gasteiger partial charge in [0.05, 0.1) is 28.5 Å². The summed E-state index contributed by atoms with van der Waals surface area (Å²) in [5.74, 6) is 0.847. The van der Waals surface area contributed by atoms with Crippen molar-refractivity contribution in [3.8, 4) is 11.3 Å². The summed E-state index contributed by atoms with van der Waals surface area (Å²) in [5.41, 5.74) is 4.11. The van der Waals surface area contributed by atoms with Crippen LogP contribution in [0.5, 0.6) is 0 Å². The number of benzene rings is 1. The zero-order valence-electron chi connectivity index (χ0n) is 18.4. The number of hydrogen-bond donors (Lipinski definition) is 0. The van der Waals surface area contributed by atoms with E-state index >= 15 is 0 Å². The molecule has 164 valence electrons. The first kappa shape index (κ1) is 20.4. The average molecular weight is 431 g/mol. The van der Waals surface area contributed by atoms with Crippen molar-refractivity contribution in [3.05, 3.63) is 65.7 Å². The van der Waals surface area contributed by atoms with E-state index in [1.165, 1.54) is 0 Å². The van der Waals surface area contributed by atoms with Gasteiger partial charge in [-0.2, -0.15) is 5.10 Å². The van der Waals surface area contributed by atoms with Crippen LogP contribution in [0.25, 0.3) is 22.3 Å². The Labute approximate surface area is 186 Å². The lowest BCUT2D eigenvalue weighted by molar-refractivity contribution is 0.0627. The summed E-state index contributed by atoms with van der Waals surface area (Å²) in [6.07, 6.45) is 1.76. The van der Waals surface area contributed by atoms with Gasteiger partial charge in [0.25, 0.3) is 5.91 Å². The smallest absolute Gasteiger partial charge is 0.254 e. The molecule has 0 unspecified atom stereocenters. The van der Waals surface area contributed by atoms with Crippen LogP contribution in [0, 0.1) is 6.92 Å². The van der Waals surface area contributed by atoms with Crippen molar-refractivity contribution in [1.29, 1.82) is 0 Å². The second kappa shape index (κ2) is 8.55. The predicted octanol–water partition coefficient (Wildman–Crippen LogP) is 3.37. The van der Waals surface area contributed by atoms with Crippen molar-refractivity contribution in [2.75, 3.05) is 26.2 Å². The van der Waals surface area contributed by atoms with Crippen molar-refractivity contribution in [2.45, 2.75) is 26.9 Å². The minimum atomic E-state index is 0.0298. The number of pyridine rings is 1. The molecule has 1 fully saturated rings. The Balaban J connectivity index is 1.40. The monoisotopic (exact) mass is 430 g/mol. The summed E-state index contributed by atoms with van der Waals surface area (Å²) >= 11 is 0. The number of fused-ring (bicyclic) bond motifs is 1. The van der Waals surface area contributed by atoms with Crippen LogP contribution in [0.3, 0.4) is 0 Å². The standard InChI is InChI=1S/C24H26N6O2/c1-3-30-23-21(15-25-30)20(14-22(26-23)18-7-5-4-6-8-18)24(31)29-11-9-28(10-12-29)16-19-13-17(2)32-27-19/h4-8,13-15H,3,9-12,16H2,1-2H3. The number of aromatic nitrogens is 4. The molecule has 3 aromatic heterocycles. The number of hydrogen-bond acceptors (Lipinski definition) is 6. The molecule has 0 spiro atoms. The molecule has 1 saturated heterocycles. The molecule has 0 radical (unpaired) electrons. The number of carbonyl (C=O) groups is 1. The normalized spacial score (nSPS) is 14.9. The molecule has 1 aliphatic heterocycles. The maximum Gasteiger partial charge on any atom is 0.254 e. The molecule has 1 amide bonds. The maximum atomic E-state index is 13.6.